The van der Waals surface area contributed by atoms with Crippen molar-refractivity contribution >= 4 is 37.9 Å². The third kappa shape index (κ3) is 3.73. The van der Waals surface area contributed by atoms with Crippen LogP contribution in [0.2, 0.25) is 0 Å². The van der Waals surface area contributed by atoms with Crippen LogP contribution in [-0.2, 0) is 19.6 Å². The van der Waals surface area contributed by atoms with Gasteiger partial charge >= 0.3 is 5.97 Å². The van der Waals surface area contributed by atoms with Crippen molar-refractivity contribution in [2.24, 2.45) is 0 Å². The maximum absolute atomic E-state index is 12.7. The Bertz CT molecular complexity index is 1080. The average molecular weight is 375 g/mol. The number of rotatable bonds is 4. The number of hydrogen-bond donors (Lipinski definition) is 1. The van der Waals surface area contributed by atoms with E-state index in [1.807, 2.05) is 24.3 Å². The van der Waals surface area contributed by atoms with Gasteiger partial charge in [0.1, 0.15) is 22.8 Å². The van der Waals surface area contributed by atoms with Crippen LogP contribution in [0.15, 0.2) is 51.8 Å². The van der Waals surface area contributed by atoms with E-state index in [0.717, 1.165) is 5.39 Å². The van der Waals surface area contributed by atoms with Gasteiger partial charge in [-0.1, -0.05) is 18.2 Å². The molecule has 0 amide bonds. The lowest BCUT2D eigenvalue weighted by Crippen LogP contribution is -2.42. The Hall–Kier alpha value is -2.38. The predicted molar refractivity (Wildman–Crippen MR) is 99.3 cm³/mol. The number of carbonyl (C=O) groups is 1. The number of furan rings is 1. The molecular formula is C19H21NO5S. The summed E-state index contributed by atoms with van der Waals surface area (Å²) in [5.74, 6) is -0.629. The van der Waals surface area contributed by atoms with Crippen LogP contribution in [0, 0.1) is 0 Å². The number of fused-ring (bicyclic) bond motifs is 3. The SMILES string of the molecule is C[C@H](NS(=O)(=O)c1ccc2oc3ccccc3c2c1)C(=O)OC(C)(C)C. The fourth-order valence-corrected chi connectivity index (χ4v) is 3.83. The summed E-state index contributed by atoms with van der Waals surface area (Å²) in [4.78, 5) is 12.1. The van der Waals surface area contributed by atoms with E-state index in [1.165, 1.54) is 13.0 Å². The van der Waals surface area contributed by atoms with E-state index in [9.17, 15) is 13.2 Å². The van der Waals surface area contributed by atoms with Crippen LogP contribution in [0.5, 0.6) is 0 Å². The van der Waals surface area contributed by atoms with Crippen LogP contribution >= 0.6 is 0 Å². The van der Waals surface area contributed by atoms with Gasteiger partial charge in [0.2, 0.25) is 10.0 Å². The van der Waals surface area contributed by atoms with Gasteiger partial charge in [-0.25, -0.2) is 8.42 Å². The second kappa shape index (κ2) is 6.41. The molecule has 0 spiro atoms. The summed E-state index contributed by atoms with van der Waals surface area (Å²) in [6.45, 7) is 6.63. The van der Waals surface area contributed by atoms with Crippen molar-refractivity contribution in [3.8, 4) is 0 Å². The van der Waals surface area contributed by atoms with Crippen molar-refractivity contribution in [1.29, 1.82) is 0 Å². The fourth-order valence-electron chi connectivity index (χ4n) is 2.61. The molecule has 0 aliphatic heterocycles. The number of nitrogens with one attached hydrogen (secondary N) is 1. The van der Waals surface area contributed by atoms with Gasteiger partial charge in [-0.2, -0.15) is 4.72 Å². The molecule has 2 aromatic carbocycles. The minimum atomic E-state index is -3.89. The Balaban J connectivity index is 1.91. The van der Waals surface area contributed by atoms with Gasteiger partial charge in [0.05, 0.1) is 4.90 Å². The molecule has 0 aliphatic rings. The first-order chi connectivity index (χ1) is 12.1. The number of hydrogen-bond acceptors (Lipinski definition) is 5. The zero-order valence-electron chi connectivity index (χ0n) is 15.1. The van der Waals surface area contributed by atoms with Gasteiger partial charge in [0, 0.05) is 10.8 Å². The predicted octanol–water partition coefficient (Wildman–Crippen LogP) is 3.59. The van der Waals surface area contributed by atoms with Crippen molar-refractivity contribution in [3.63, 3.8) is 0 Å². The zero-order valence-corrected chi connectivity index (χ0v) is 15.9. The van der Waals surface area contributed by atoms with E-state index in [2.05, 4.69) is 4.72 Å². The third-order valence-electron chi connectivity index (χ3n) is 3.75. The fraction of sp³-hybridized carbons (Fsp3) is 0.316. The smallest absolute Gasteiger partial charge is 0.324 e. The van der Waals surface area contributed by atoms with E-state index in [4.69, 9.17) is 9.15 Å². The molecule has 1 atom stereocenters. The molecule has 3 aromatic rings. The Morgan fingerprint density at radius 2 is 1.73 bits per heavy atom. The number of esters is 1. The van der Waals surface area contributed by atoms with Crippen LogP contribution in [0.4, 0.5) is 0 Å². The van der Waals surface area contributed by atoms with Crippen LogP contribution in [-0.4, -0.2) is 26.0 Å². The quantitative estimate of drug-likeness (QED) is 0.704. The normalized spacial score (nSPS) is 13.8. The topological polar surface area (TPSA) is 85.6 Å². The first kappa shape index (κ1) is 18.4. The minimum absolute atomic E-state index is 0.0620. The number of para-hydroxylation sites is 1. The van der Waals surface area contributed by atoms with Crippen LogP contribution in [0.25, 0.3) is 21.9 Å². The highest BCUT2D eigenvalue weighted by atomic mass is 32.2. The highest BCUT2D eigenvalue weighted by molar-refractivity contribution is 7.89. The molecule has 0 aliphatic carbocycles. The van der Waals surface area contributed by atoms with Crippen LogP contribution in [0.1, 0.15) is 27.7 Å². The van der Waals surface area contributed by atoms with Crippen molar-refractivity contribution in [1.82, 2.24) is 4.72 Å². The average Bonchev–Trinajstić information content (AvgIpc) is 2.90. The molecule has 0 radical (unpaired) electrons. The zero-order chi connectivity index (χ0) is 19.1. The molecule has 0 unspecified atom stereocenters. The summed E-state index contributed by atoms with van der Waals surface area (Å²) in [5, 5.41) is 1.54. The summed E-state index contributed by atoms with van der Waals surface area (Å²) in [6, 6.07) is 11.0. The molecule has 7 heteroatoms. The third-order valence-corrected chi connectivity index (χ3v) is 5.29. The molecule has 1 heterocycles. The maximum Gasteiger partial charge on any atom is 0.324 e. The molecule has 138 valence electrons. The lowest BCUT2D eigenvalue weighted by Gasteiger charge is -2.22. The van der Waals surface area contributed by atoms with Crippen molar-refractivity contribution in [2.75, 3.05) is 0 Å². The van der Waals surface area contributed by atoms with Gasteiger partial charge in [-0.05, 0) is 52.0 Å². The summed E-state index contributed by atoms with van der Waals surface area (Å²) in [6.07, 6.45) is 0. The minimum Gasteiger partial charge on any atom is -0.459 e. The summed E-state index contributed by atoms with van der Waals surface area (Å²) in [5.41, 5.74) is 0.600. The van der Waals surface area contributed by atoms with Gasteiger partial charge in [0.15, 0.2) is 0 Å². The van der Waals surface area contributed by atoms with E-state index in [0.29, 0.717) is 16.6 Å². The van der Waals surface area contributed by atoms with Gasteiger partial charge < -0.3 is 9.15 Å². The van der Waals surface area contributed by atoms with Crippen molar-refractivity contribution in [2.45, 2.75) is 44.2 Å². The largest absolute Gasteiger partial charge is 0.459 e. The maximum atomic E-state index is 12.7. The summed E-state index contributed by atoms with van der Waals surface area (Å²) >= 11 is 0. The Morgan fingerprint density at radius 3 is 2.42 bits per heavy atom. The van der Waals surface area contributed by atoms with Crippen LogP contribution in [0.3, 0.4) is 0 Å². The summed E-state index contributed by atoms with van der Waals surface area (Å²) < 4.78 is 38.6. The number of ether oxygens (including phenoxy) is 1. The second-order valence-electron chi connectivity index (χ2n) is 7.13. The number of sulfonamides is 1. The molecule has 0 bridgehead atoms. The van der Waals surface area contributed by atoms with E-state index in [1.54, 1.807) is 32.9 Å². The number of benzene rings is 2. The van der Waals surface area contributed by atoms with Crippen molar-refractivity contribution < 1.29 is 22.4 Å². The molecule has 0 saturated carbocycles. The summed E-state index contributed by atoms with van der Waals surface area (Å²) in [7, 11) is -3.89. The van der Waals surface area contributed by atoms with E-state index >= 15 is 0 Å². The molecule has 26 heavy (non-hydrogen) atoms. The Kier molecular flexibility index (Phi) is 4.54. The van der Waals surface area contributed by atoms with Gasteiger partial charge in [-0.3, -0.25) is 4.79 Å². The van der Waals surface area contributed by atoms with Gasteiger partial charge in [-0.15, -0.1) is 0 Å². The lowest BCUT2D eigenvalue weighted by molar-refractivity contribution is -0.156. The van der Waals surface area contributed by atoms with E-state index < -0.39 is 27.6 Å². The molecule has 0 fully saturated rings. The monoisotopic (exact) mass is 375 g/mol. The first-order valence-electron chi connectivity index (χ1n) is 8.23. The molecule has 3 rings (SSSR count). The molecule has 6 nitrogen and oxygen atoms in total. The highest BCUT2D eigenvalue weighted by Gasteiger charge is 2.27. The highest BCUT2D eigenvalue weighted by Crippen LogP contribution is 2.30. The standard InChI is InChI=1S/C19H21NO5S/c1-12(18(21)25-19(2,3)4)20-26(22,23)13-9-10-17-15(11-13)14-7-5-6-8-16(14)24-17/h5-12,20H,1-4H3/t12-/m0/s1. The second-order valence-corrected chi connectivity index (χ2v) is 8.85. The van der Waals surface area contributed by atoms with E-state index in [-0.39, 0.29) is 4.90 Å². The molecule has 0 saturated heterocycles. The Morgan fingerprint density at radius 1 is 1.08 bits per heavy atom. The first-order valence-corrected chi connectivity index (χ1v) is 9.72. The van der Waals surface area contributed by atoms with Crippen molar-refractivity contribution in [3.05, 3.63) is 42.5 Å². The Labute approximate surface area is 152 Å². The molecule has 1 aromatic heterocycles. The van der Waals surface area contributed by atoms with Gasteiger partial charge in [0.25, 0.3) is 0 Å². The molecular weight excluding hydrogens is 354 g/mol. The lowest BCUT2D eigenvalue weighted by atomic mass is 10.1. The number of carbonyl (C=O) groups excluding carboxylic acids is 1. The molecule has 1 N–H and O–H groups in total. The van der Waals surface area contributed by atoms with Crippen LogP contribution < -0.4 is 4.72 Å².